The number of phenolic OH excluding ortho intramolecular Hbond substituents is 1. The van der Waals surface area contributed by atoms with Crippen LogP contribution in [0.4, 0.5) is 0 Å². The number of nitrogens with zero attached hydrogens (tertiary/aromatic N) is 1. The molecular formula is C15H22I2N2O. The number of halogens is 2. The standard InChI is InChI=1S/C15H22I2N2O/c1-10(2)7-14(19-5-3-18-4-6-19)12-8-11(16)9-13(17)15(12)20/h8-10,14,18,20H,3-7H2,1-2H3/t14-/m0/s1. The van der Waals surface area contributed by atoms with Crippen LogP contribution in [0.1, 0.15) is 31.9 Å². The summed E-state index contributed by atoms with van der Waals surface area (Å²) in [7, 11) is 0. The molecular weight excluding hydrogens is 478 g/mol. The molecule has 1 fully saturated rings. The van der Waals surface area contributed by atoms with E-state index in [2.05, 4.69) is 75.3 Å². The molecule has 1 atom stereocenters. The number of nitrogens with one attached hydrogen (secondary N) is 1. The fraction of sp³-hybridized carbons (Fsp3) is 0.600. The SMILES string of the molecule is CC(C)C[C@@H](c1cc(I)cc(I)c1O)N1CCNCC1. The van der Waals surface area contributed by atoms with Gasteiger partial charge in [0.1, 0.15) is 5.75 Å². The van der Waals surface area contributed by atoms with Gasteiger partial charge < -0.3 is 10.4 Å². The predicted octanol–water partition coefficient (Wildman–Crippen LogP) is 3.59. The smallest absolute Gasteiger partial charge is 0.133 e. The average molecular weight is 500 g/mol. The van der Waals surface area contributed by atoms with Crippen LogP contribution in [0.2, 0.25) is 0 Å². The molecule has 0 bridgehead atoms. The monoisotopic (exact) mass is 500 g/mol. The van der Waals surface area contributed by atoms with Crippen molar-refractivity contribution >= 4 is 45.2 Å². The molecule has 20 heavy (non-hydrogen) atoms. The quantitative estimate of drug-likeness (QED) is 0.621. The van der Waals surface area contributed by atoms with Gasteiger partial charge in [0.05, 0.1) is 3.57 Å². The molecule has 0 aliphatic carbocycles. The van der Waals surface area contributed by atoms with Gasteiger partial charge in [-0.15, -0.1) is 0 Å². The highest BCUT2D eigenvalue weighted by molar-refractivity contribution is 14.1. The summed E-state index contributed by atoms with van der Waals surface area (Å²) in [6.07, 6.45) is 1.09. The third-order valence-electron chi connectivity index (χ3n) is 3.70. The average Bonchev–Trinajstić information content (AvgIpc) is 2.41. The maximum absolute atomic E-state index is 10.5. The van der Waals surface area contributed by atoms with E-state index in [1.807, 2.05) is 6.07 Å². The summed E-state index contributed by atoms with van der Waals surface area (Å²) in [6.45, 7) is 8.70. The van der Waals surface area contributed by atoms with E-state index < -0.39 is 0 Å². The second kappa shape index (κ2) is 7.60. The Morgan fingerprint density at radius 2 is 1.90 bits per heavy atom. The van der Waals surface area contributed by atoms with Crippen molar-refractivity contribution in [3.63, 3.8) is 0 Å². The van der Waals surface area contributed by atoms with Crippen molar-refractivity contribution in [1.29, 1.82) is 0 Å². The Balaban J connectivity index is 2.34. The zero-order valence-electron chi connectivity index (χ0n) is 12.0. The molecule has 2 N–H and O–H groups in total. The number of hydrogen-bond donors (Lipinski definition) is 2. The summed E-state index contributed by atoms with van der Waals surface area (Å²) in [5.41, 5.74) is 1.09. The molecule has 2 rings (SSSR count). The molecule has 3 nitrogen and oxygen atoms in total. The number of phenols is 1. The Hall–Kier alpha value is 0.400. The molecule has 1 aliphatic rings. The molecule has 0 saturated carbocycles. The minimum absolute atomic E-state index is 0.320. The van der Waals surface area contributed by atoms with Gasteiger partial charge in [-0.05, 0) is 69.7 Å². The van der Waals surface area contributed by atoms with Crippen LogP contribution >= 0.6 is 45.2 Å². The second-order valence-corrected chi connectivity index (χ2v) is 8.16. The van der Waals surface area contributed by atoms with Gasteiger partial charge in [0, 0.05) is 41.4 Å². The second-order valence-electron chi connectivity index (χ2n) is 5.76. The molecule has 0 spiro atoms. The molecule has 1 heterocycles. The van der Waals surface area contributed by atoms with Crippen molar-refractivity contribution in [3.8, 4) is 5.75 Å². The summed E-state index contributed by atoms with van der Waals surface area (Å²) in [6, 6.07) is 4.50. The van der Waals surface area contributed by atoms with Gasteiger partial charge in [-0.3, -0.25) is 4.90 Å². The minimum atomic E-state index is 0.320. The lowest BCUT2D eigenvalue weighted by Crippen LogP contribution is -2.45. The van der Waals surface area contributed by atoms with Gasteiger partial charge in [0.25, 0.3) is 0 Å². The topological polar surface area (TPSA) is 35.5 Å². The van der Waals surface area contributed by atoms with Crippen LogP contribution < -0.4 is 5.32 Å². The molecule has 112 valence electrons. The fourth-order valence-electron chi connectivity index (χ4n) is 2.75. The van der Waals surface area contributed by atoms with E-state index >= 15 is 0 Å². The molecule has 5 heteroatoms. The number of piperazine rings is 1. The van der Waals surface area contributed by atoms with Crippen LogP contribution in [-0.4, -0.2) is 36.2 Å². The molecule has 0 unspecified atom stereocenters. The first-order valence-electron chi connectivity index (χ1n) is 7.11. The summed E-state index contributed by atoms with van der Waals surface area (Å²) in [4.78, 5) is 2.51. The first-order valence-corrected chi connectivity index (χ1v) is 9.27. The van der Waals surface area contributed by atoms with Crippen molar-refractivity contribution < 1.29 is 5.11 Å². The van der Waals surface area contributed by atoms with E-state index in [4.69, 9.17) is 0 Å². The number of hydrogen-bond acceptors (Lipinski definition) is 3. The van der Waals surface area contributed by atoms with Crippen molar-refractivity contribution in [1.82, 2.24) is 10.2 Å². The third-order valence-corrected chi connectivity index (χ3v) is 5.15. The van der Waals surface area contributed by atoms with Gasteiger partial charge in [-0.1, -0.05) is 13.8 Å². The molecule has 1 saturated heterocycles. The third kappa shape index (κ3) is 4.20. The van der Waals surface area contributed by atoms with Crippen molar-refractivity contribution in [3.05, 3.63) is 24.8 Å². The summed E-state index contributed by atoms with van der Waals surface area (Å²) >= 11 is 4.57. The summed E-state index contributed by atoms with van der Waals surface area (Å²) in [5.74, 6) is 1.08. The van der Waals surface area contributed by atoms with E-state index in [9.17, 15) is 5.11 Å². The molecule has 1 aromatic rings. The zero-order valence-corrected chi connectivity index (χ0v) is 16.3. The summed E-state index contributed by atoms with van der Waals surface area (Å²) in [5, 5.41) is 13.9. The minimum Gasteiger partial charge on any atom is -0.506 e. The van der Waals surface area contributed by atoms with Crippen LogP contribution in [0.25, 0.3) is 0 Å². The van der Waals surface area contributed by atoms with Gasteiger partial charge in [-0.25, -0.2) is 0 Å². The highest BCUT2D eigenvalue weighted by atomic mass is 127. The Morgan fingerprint density at radius 1 is 1.25 bits per heavy atom. The maximum atomic E-state index is 10.5. The van der Waals surface area contributed by atoms with Crippen LogP contribution in [0.15, 0.2) is 12.1 Å². The number of aromatic hydroxyl groups is 1. The van der Waals surface area contributed by atoms with Crippen molar-refractivity contribution in [2.24, 2.45) is 5.92 Å². The lowest BCUT2D eigenvalue weighted by Gasteiger charge is -2.36. The Bertz CT molecular complexity index is 459. The van der Waals surface area contributed by atoms with Gasteiger partial charge in [-0.2, -0.15) is 0 Å². The Labute approximate surface area is 148 Å². The lowest BCUT2D eigenvalue weighted by molar-refractivity contribution is 0.151. The zero-order chi connectivity index (χ0) is 14.7. The van der Waals surface area contributed by atoms with Crippen LogP contribution in [-0.2, 0) is 0 Å². The van der Waals surface area contributed by atoms with Crippen LogP contribution in [0.3, 0.4) is 0 Å². The van der Waals surface area contributed by atoms with E-state index in [0.29, 0.717) is 17.7 Å². The highest BCUT2D eigenvalue weighted by Crippen LogP contribution is 2.37. The van der Waals surface area contributed by atoms with Gasteiger partial charge >= 0.3 is 0 Å². The van der Waals surface area contributed by atoms with E-state index in [1.165, 1.54) is 3.57 Å². The Morgan fingerprint density at radius 3 is 2.50 bits per heavy atom. The normalized spacial score (nSPS) is 18.4. The van der Waals surface area contributed by atoms with Gasteiger partial charge in [0.15, 0.2) is 0 Å². The lowest BCUT2D eigenvalue weighted by atomic mass is 9.94. The largest absolute Gasteiger partial charge is 0.506 e. The van der Waals surface area contributed by atoms with E-state index in [0.717, 1.165) is 41.7 Å². The molecule has 0 amide bonds. The first-order chi connectivity index (χ1) is 9.49. The van der Waals surface area contributed by atoms with Crippen molar-refractivity contribution in [2.75, 3.05) is 26.2 Å². The molecule has 0 radical (unpaired) electrons. The number of benzene rings is 1. The van der Waals surface area contributed by atoms with Crippen LogP contribution in [0.5, 0.6) is 5.75 Å². The fourth-order valence-corrected chi connectivity index (χ4v) is 4.64. The van der Waals surface area contributed by atoms with Crippen molar-refractivity contribution in [2.45, 2.75) is 26.3 Å². The molecule has 1 aliphatic heterocycles. The van der Waals surface area contributed by atoms with E-state index in [-0.39, 0.29) is 0 Å². The highest BCUT2D eigenvalue weighted by Gasteiger charge is 2.26. The van der Waals surface area contributed by atoms with Crippen LogP contribution in [0, 0.1) is 13.1 Å². The molecule has 0 aromatic heterocycles. The molecule has 1 aromatic carbocycles. The summed E-state index contributed by atoms with van der Waals surface area (Å²) < 4.78 is 2.15. The maximum Gasteiger partial charge on any atom is 0.133 e. The number of rotatable bonds is 4. The van der Waals surface area contributed by atoms with Gasteiger partial charge in [0.2, 0.25) is 0 Å². The predicted molar refractivity (Wildman–Crippen MR) is 100 cm³/mol. The van der Waals surface area contributed by atoms with E-state index in [1.54, 1.807) is 0 Å². The first kappa shape index (κ1) is 16.8. The Kier molecular flexibility index (Phi) is 6.37.